The van der Waals surface area contributed by atoms with E-state index in [2.05, 4.69) is 119 Å². The molecule has 145 heavy (non-hydrogen) atoms. The van der Waals surface area contributed by atoms with E-state index in [0.29, 0.717) is 111 Å². The fraction of sp³-hybridized carbons (Fsp3) is 0.470. The average Bonchev–Trinajstić information content (AvgIpc) is 1.69. The molecule has 32 rings (SSSR count). The van der Waals surface area contributed by atoms with Crippen molar-refractivity contribution in [1.82, 2.24) is 57.1 Å². The molecular formula is C115H126FN13O12S4. The largest absolute Gasteiger partial charge is 0.393 e. The highest BCUT2D eigenvalue weighted by atomic mass is 32.2. The van der Waals surface area contributed by atoms with Crippen LogP contribution in [0.15, 0.2) is 264 Å². The summed E-state index contributed by atoms with van der Waals surface area (Å²) >= 11 is 0. The highest BCUT2D eigenvalue weighted by molar-refractivity contribution is 7.90. The summed E-state index contributed by atoms with van der Waals surface area (Å²) in [5.41, 5.74) is 14.0. The van der Waals surface area contributed by atoms with Crippen LogP contribution in [0.4, 0.5) is 4.39 Å². The van der Waals surface area contributed by atoms with Crippen molar-refractivity contribution in [3.8, 4) is 51.1 Å². The number of aliphatic hydroxyl groups excluding tert-OH is 4. The number of fused-ring (bicyclic) bond motifs is 12. The molecular weight excluding hydrogens is 1900 g/mol. The molecule has 16 unspecified atom stereocenters. The SMILES string of the molecule is Cc1ccc(S(=O)(=O)NC23CC4CC(C2)C(C(O)CC2c5c(F)cccc5-c5cncn52)C(C4)C3)cc1.Cc1ccc(S(=O)(=O)NC23CC4CC(C2)C(C(O)CC2c5ccccc5-c5cncn52)C(C4)C3)cc1.N#Cc1ccc(S(=O)(=O)NC23CC4CC(C2)C(C(O)CC2c5ccccc5-c5cncn52)C(C4)C3)cc1.O=S(=O)(NC12CC3CC(C1)C(C(O)CC1c4ccccc4-c4cncn41)C(C3)C2)c1ccccc1. The van der Waals surface area contributed by atoms with Gasteiger partial charge in [-0.05, 0) is 346 Å². The van der Waals surface area contributed by atoms with E-state index in [1.165, 1.54) is 51.6 Å². The minimum Gasteiger partial charge on any atom is -0.393 e. The van der Waals surface area contributed by atoms with Crippen LogP contribution in [0.2, 0.25) is 0 Å². The molecule has 0 spiro atoms. The second-order valence-corrected chi connectivity index (χ2v) is 53.5. The first-order chi connectivity index (χ1) is 69.8. The summed E-state index contributed by atoms with van der Waals surface area (Å²) in [4.78, 5) is 18.6. The Labute approximate surface area is 848 Å². The predicted molar refractivity (Wildman–Crippen MR) is 546 cm³/mol. The van der Waals surface area contributed by atoms with E-state index in [4.69, 9.17) is 5.26 Å². The number of imidazole rings is 4. The Bertz CT molecular complexity index is 7460. The lowest BCUT2D eigenvalue weighted by Crippen LogP contribution is -2.63. The van der Waals surface area contributed by atoms with Crippen molar-refractivity contribution in [3.63, 3.8) is 0 Å². The molecule has 4 aliphatic heterocycles. The molecule has 4 aromatic heterocycles. The summed E-state index contributed by atoms with van der Waals surface area (Å²) < 4.78 is 142. The van der Waals surface area contributed by atoms with Gasteiger partial charge in [-0.1, -0.05) is 139 Å². The third-order valence-corrected chi connectivity index (χ3v) is 44.3. The lowest BCUT2D eigenvalue weighted by atomic mass is 9.48. The van der Waals surface area contributed by atoms with Gasteiger partial charge in [-0.2, -0.15) is 5.26 Å². The summed E-state index contributed by atoms with van der Waals surface area (Å²) in [5.74, 6) is 5.08. The van der Waals surface area contributed by atoms with E-state index in [-0.39, 0.29) is 81.5 Å². The molecule has 8 N–H and O–H groups in total. The Morgan fingerprint density at radius 1 is 0.331 bits per heavy atom. The first-order valence-corrected chi connectivity index (χ1v) is 58.5. The lowest BCUT2D eigenvalue weighted by molar-refractivity contribution is -0.107. The molecule has 0 amide bonds. The van der Waals surface area contributed by atoms with Gasteiger partial charge in [0.05, 0.1) is 153 Å². The van der Waals surface area contributed by atoms with Crippen LogP contribution >= 0.6 is 0 Å². The molecule has 20 aliphatic rings. The topological polar surface area (TPSA) is 361 Å². The standard InChI is InChI=1S/C29H32FN3O3S.C29H30N4O3S.C29H33N3O3S.C28H31N3O3S/c1-17-5-7-21(8-6-17)37(35,36)32-29-12-18-9-19(13-29)27(20(10-18)14-29)26(34)11-24-28-22(3-2-4-23(28)30)25-15-31-16-33(24)25;30-15-18-5-7-22(8-6-18)37(35,36)32-29-12-19-9-20(13-29)28(21(10-19)14-29)27(34)11-25-23-3-1-2-4-24(23)26-16-31-17-33(25)26;1-18-6-8-22(9-7-18)36(34,35)31-29-13-19-10-20(14-29)28(21(11-19)15-29)27(33)12-25-23-4-2-3-5-24(23)26-16-30-17-32(25)26;32-26(12-24-22-8-4-5-9-23(22)25-16-29-17-31(24)25)27-19-10-18-11-20(27)15-28(13-18,14-19)30-35(33,34)21-6-2-1-3-7-21/h2-8,15-16,18-20,24,26-27,32,34H,9-14H2,1H3;1-8,16-17,19-21,25,27-28,32,34H,9-14H2;2-9,16-17,19-21,25,27-28,31,33H,10-15H2,1H3;1-9,16-20,24,26-27,30,32H,10-15H2. The number of aliphatic hydroxyl groups is 4. The Balaban J connectivity index is 0.000000101. The number of nitrogens with zero attached hydrogens (tertiary/aromatic N) is 9. The van der Waals surface area contributed by atoms with Gasteiger partial charge in [0.2, 0.25) is 40.1 Å². The van der Waals surface area contributed by atoms with Crippen molar-refractivity contribution >= 4 is 40.1 Å². The maximum Gasteiger partial charge on any atom is 0.241 e. The number of hydrogen-bond donors (Lipinski definition) is 8. The summed E-state index contributed by atoms with van der Waals surface area (Å²) in [7, 11) is -14.5. The van der Waals surface area contributed by atoms with E-state index in [1.807, 2.05) is 105 Å². The van der Waals surface area contributed by atoms with Gasteiger partial charge < -0.3 is 38.7 Å². The first-order valence-electron chi connectivity index (χ1n) is 52.5. The number of nitrogens with one attached hydrogen (secondary N) is 4. The van der Waals surface area contributed by atoms with Gasteiger partial charge in [0.25, 0.3) is 0 Å². The van der Waals surface area contributed by atoms with Crippen LogP contribution in [0.5, 0.6) is 0 Å². The van der Waals surface area contributed by atoms with Gasteiger partial charge in [0, 0.05) is 50.0 Å². The maximum atomic E-state index is 15.0. The molecule has 754 valence electrons. The van der Waals surface area contributed by atoms with Crippen molar-refractivity contribution in [3.05, 3.63) is 289 Å². The zero-order chi connectivity index (χ0) is 99.3. The first kappa shape index (κ1) is 95.4. The van der Waals surface area contributed by atoms with Gasteiger partial charge in [0.15, 0.2) is 0 Å². The van der Waals surface area contributed by atoms with E-state index in [9.17, 15) is 58.5 Å². The number of aryl methyl sites for hydroxylation is 2. The van der Waals surface area contributed by atoms with Crippen LogP contribution in [0, 0.1) is 126 Å². The van der Waals surface area contributed by atoms with Crippen molar-refractivity contribution in [2.45, 2.75) is 258 Å². The second kappa shape index (κ2) is 36.2. The summed E-state index contributed by atoms with van der Waals surface area (Å²) in [6.45, 7) is 3.91. The molecule has 16 fully saturated rings. The van der Waals surface area contributed by atoms with E-state index < -0.39 is 75.6 Å². The fourth-order valence-electron chi connectivity index (χ4n) is 33.7. The van der Waals surface area contributed by atoms with Gasteiger partial charge in [-0.25, -0.2) is 76.9 Å². The van der Waals surface area contributed by atoms with Gasteiger partial charge in [-0.15, -0.1) is 0 Å². The fourth-order valence-corrected chi connectivity index (χ4v) is 39.4. The maximum absolute atomic E-state index is 15.0. The molecule has 16 atom stereocenters. The number of halogens is 1. The zero-order valence-corrected chi connectivity index (χ0v) is 84.8. The van der Waals surface area contributed by atoms with Crippen molar-refractivity contribution in [2.75, 3.05) is 0 Å². The third-order valence-electron chi connectivity index (χ3n) is 37.9. The Kier molecular flexibility index (Phi) is 23.8. The molecule has 0 radical (unpaired) electrons. The van der Waals surface area contributed by atoms with Crippen LogP contribution in [-0.4, -0.2) is 139 Å². The van der Waals surface area contributed by atoms with Crippen molar-refractivity contribution in [1.29, 1.82) is 5.26 Å². The minimum absolute atomic E-state index is 0.0738. The molecule has 0 saturated heterocycles. The van der Waals surface area contributed by atoms with Crippen LogP contribution in [0.25, 0.3) is 45.0 Å². The van der Waals surface area contributed by atoms with Crippen molar-refractivity contribution < 1.29 is 58.5 Å². The van der Waals surface area contributed by atoms with Crippen molar-refractivity contribution in [2.24, 2.45) is 94.7 Å². The van der Waals surface area contributed by atoms with Gasteiger partial charge in [0.1, 0.15) is 5.82 Å². The molecule has 8 heterocycles. The quantitative estimate of drug-likeness (QED) is 0.0278. The number of aromatic nitrogens is 8. The van der Waals surface area contributed by atoms with Gasteiger partial charge in [-0.3, -0.25) is 0 Å². The Morgan fingerprint density at radius 2 is 0.586 bits per heavy atom. The van der Waals surface area contributed by atoms with E-state index >= 15 is 0 Å². The lowest BCUT2D eigenvalue weighted by Gasteiger charge is -2.61. The number of hydrogen-bond acceptors (Lipinski definition) is 17. The number of sulfonamides is 4. The number of nitriles is 1. The number of benzene rings is 8. The molecule has 25 nitrogen and oxygen atoms in total. The predicted octanol–water partition coefficient (Wildman–Crippen LogP) is 18.1. The average molecular weight is 2030 g/mol. The Morgan fingerprint density at radius 3 is 0.890 bits per heavy atom. The molecule has 30 heteroatoms. The molecule has 16 aliphatic carbocycles. The van der Waals surface area contributed by atoms with E-state index in [0.717, 1.165) is 168 Å². The van der Waals surface area contributed by atoms with E-state index in [1.54, 1.807) is 79.3 Å². The third kappa shape index (κ3) is 17.0. The second-order valence-electron chi connectivity index (χ2n) is 46.8. The monoisotopic (exact) mass is 2030 g/mol. The summed E-state index contributed by atoms with van der Waals surface area (Å²) in [5, 5.41) is 55.7. The van der Waals surface area contributed by atoms with Crippen LogP contribution in [0.3, 0.4) is 0 Å². The highest BCUT2D eigenvalue weighted by Crippen LogP contribution is 2.66. The molecule has 8 aromatic carbocycles. The van der Waals surface area contributed by atoms with Crippen LogP contribution in [0.1, 0.15) is 217 Å². The van der Waals surface area contributed by atoms with Crippen LogP contribution < -0.4 is 18.9 Å². The normalized spacial score (nSPS) is 32.7. The Hall–Kier alpha value is -10.5. The summed E-state index contributed by atoms with van der Waals surface area (Å²) in [6, 6.07) is 61.4. The number of rotatable bonds is 24. The zero-order valence-electron chi connectivity index (χ0n) is 81.5. The molecule has 12 aromatic rings. The smallest absolute Gasteiger partial charge is 0.241 e. The van der Waals surface area contributed by atoms with Gasteiger partial charge >= 0.3 is 0 Å². The highest BCUT2D eigenvalue weighted by Gasteiger charge is 2.64. The summed E-state index contributed by atoms with van der Waals surface area (Å²) in [6.07, 6.45) is 33.9. The minimum atomic E-state index is -3.70. The van der Waals surface area contributed by atoms with Crippen LogP contribution in [-0.2, 0) is 40.1 Å². The molecule has 16 saturated carbocycles. The molecule has 16 bridgehead atoms.